The van der Waals surface area contributed by atoms with Crippen LogP contribution >= 0.6 is 11.6 Å². The molecule has 0 amide bonds. The van der Waals surface area contributed by atoms with Gasteiger partial charge in [-0.15, -0.1) is 0 Å². The maximum absolute atomic E-state index is 5.96. The Morgan fingerprint density at radius 1 is 1.20 bits per heavy atom. The zero-order valence-corrected chi connectivity index (χ0v) is 10.8. The van der Waals surface area contributed by atoms with Crippen molar-refractivity contribution in [1.82, 2.24) is 0 Å². The van der Waals surface area contributed by atoms with Crippen molar-refractivity contribution in [1.29, 1.82) is 0 Å². The first-order valence-corrected chi connectivity index (χ1v) is 5.43. The number of rotatable bonds is 2. The third-order valence-electron chi connectivity index (χ3n) is 3.12. The molecule has 0 N–H and O–H groups in total. The Bertz CT molecular complexity index is 288. The molecule has 0 bridgehead atoms. The minimum atomic E-state index is -0.412. The van der Waals surface area contributed by atoms with E-state index in [0.29, 0.717) is 5.03 Å². The largest absolute Gasteiger partial charge is 0.495 e. The van der Waals surface area contributed by atoms with E-state index in [-0.39, 0.29) is 11.2 Å². The van der Waals surface area contributed by atoms with Gasteiger partial charge in [0.15, 0.2) is 0 Å². The van der Waals surface area contributed by atoms with Crippen molar-refractivity contribution in [3.63, 3.8) is 0 Å². The molecule has 0 aromatic heterocycles. The fourth-order valence-corrected chi connectivity index (χ4v) is 1.54. The fraction of sp³-hybridized carbons (Fsp3) is 0.636. The second-order valence-corrected chi connectivity index (χ2v) is 5.35. The summed E-state index contributed by atoms with van der Waals surface area (Å²) >= 11 is 5.96. The van der Waals surface area contributed by atoms with E-state index in [0.717, 1.165) is 5.47 Å². The minimum Gasteiger partial charge on any atom is -0.399 e. The number of allylic oxidation sites excluding steroid dienone is 3. The highest BCUT2D eigenvalue weighted by molar-refractivity contribution is 6.58. The molecule has 1 aliphatic rings. The van der Waals surface area contributed by atoms with Crippen LogP contribution in [-0.4, -0.2) is 18.3 Å². The van der Waals surface area contributed by atoms with Crippen LogP contribution in [0.25, 0.3) is 0 Å². The predicted molar refractivity (Wildman–Crippen MR) is 64.8 cm³/mol. The normalized spacial score (nSPS) is 25.1. The summed E-state index contributed by atoms with van der Waals surface area (Å²) in [6.45, 7) is 13.6. The Balaban J connectivity index is 2.97. The highest BCUT2D eigenvalue weighted by atomic mass is 35.5. The Morgan fingerprint density at radius 2 is 1.60 bits per heavy atom. The molecule has 1 rings (SSSR count). The zero-order valence-electron chi connectivity index (χ0n) is 10.1. The van der Waals surface area contributed by atoms with E-state index in [2.05, 4.69) is 6.58 Å². The Morgan fingerprint density at radius 3 is 1.87 bits per heavy atom. The Kier molecular flexibility index (Phi) is 3.39. The number of hydrogen-bond donors (Lipinski definition) is 0. The SMILES string of the molecule is C=CC(B1OC(C)(C)C(C)(C)O1)=C(C)Cl. The highest BCUT2D eigenvalue weighted by Gasteiger charge is 2.52. The topological polar surface area (TPSA) is 18.5 Å². The second-order valence-electron chi connectivity index (χ2n) is 4.78. The lowest BCUT2D eigenvalue weighted by molar-refractivity contribution is 0.00578. The molecule has 0 unspecified atom stereocenters. The van der Waals surface area contributed by atoms with E-state index < -0.39 is 7.12 Å². The average molecular weight is 229 g/mol. The van der Waals surface area contributed by atoms with Crippen molar-refractivity contribution >= 4 is 18.7 Å². The van der Waals surface area contributed by atoms with Crippen LogP contribution in [0.1, 0.15) is 34.6 Å². The van der Waals surface area contributed by atoms with Gasteiger partial charge in [0.05, 0.1) is 11.2 Å². The average Bonchev–Trinajstić information content (AvgIpc) is 2.21. The van der Waals surface area contributed by atoms with Crippen LogP contribution in [0.4, 0.5) is 0 Å². The standard InChI is InChI=1S/C11H18BClO2/c1-7-9(8(2)13)12-14-10(3,4)11(5,6)15-12/h7H,1H2,2-6H3. The minimum absolute atomic E-state index is 0.335. The van der Waals surface area contributed by atoms with E-state index in [1.54, 1.807) is 6.08 Å². The summed E-state index contributed by atoms with van der Waals surface area (Å²) < 4.78 is 11.7. The molecular weight excluding hydrogens is 210 g/mol. The van der Waals surface area contributed by atoms with E-state index in [1.807, 2.05) is 34.6 Å². The monoisotopic (exact) mass is 228 g/mol. The summed E-state index contributed by atoms with van der Waals surface area (Å²) in [6.07, 6.45) is 1.68. The van der Waals surface area contributed by atoms with Gasteiger partial charge < -0.3 is 9.31 Å². The Hall–Kier alpha value is -0.245. The van der Waals surface area contributed by atoms with E-state index in [9.17, 15) is 0 Å². The summed E-state index contributed by atoms with van der Waals surface area (Å²) in [5.41, 5.74) is 0.131. The van der Waals surface area contributed by atoms with Crippen molar-refractivity contribution < 1.29 is 9.31 Å². The van der Waals surface area contributed by atoms with Crippen molar-refractivity contribution in [3.05, 3.63) is 23.2 Å². The summed E-state index contributed by atoms with van der Waals surface area (Å²) in [7, 11) is -0.412. The van der Waals surface area contributed by atoms with Gasteiger partial charge in [0.2, 0.25) is 0 Å². The van der Waals surface area contributed by atoms with Crippen molar-refractivity contribution in [2.75, 3.05) is 0 Å². The van der Waals surface area contributed by atoms with E-state index in [1.165, 1.54) is 0 Å². The molecule has 1 heterocycles. The molecule has 2 nitrogen and oxygen atoms in total. The van der Waals surface area contributed by atoms with Gasteiger partial charge >= 0.3 is 7.12 Å². The van der Waals surface area contributed by atoms with Crippen molar-refractivity contribution in [2.24, 2.45) is 0 Å². The smallest absolute Gasteiger partial charge is 0.399 e. The van der Waals surface area contributed by atoms with E-state index >= 15 is 0 Å². The highest BCUT2D eigenvalue weighted by Crippen LogP contribution is 2.39. The lowest BCUT2D eigenvalue weighted by Gasteiger charge is -2.32. The van der Waals surface area contributed by atoms with Gasteiger partial charge in [-0.05, 0) is 40.1 Å². The molecule has 0 radical (unpaired) electrons. The number of halogens is 1. The van der Waals surface area contributed by atoms with E-state index in [4.69, 9.17) is 20.9 Å². The molecule has 0 atom stereocenters. The van der Waals surface area contributed by atoms with Crippen LogP contribution in [-0.2, 0) is 9.31 Å². The molecule has 0 aliphatic carbocycles. The summed E-state index contributed by atoms with van der Waals surface area (Å²) in [5, 5.41) is 0.656. The molecule has 1 saturated heterocycles. The van der Waals surface area contributed by atoms with Gasteiger partial charge in [-0.25, -0.2) is 0 Å². The zero-order chi connectivity index (χ0) is 11.9. The van der Waals surface area contributed by atoms with Crippen molar-refractivity contribution in [3.8, 4) is 0 Å². The maximum Gasteiger partial charge on any atom is 0.495 e. The third-order valence-corrected chi connectivity index (χ3v) is 3.34. The first kappa shape index (κ1) is 12.8. The van der Waals surface area contributed by atoms with Crippen LogP contribution < -0.4 is 0 Å². The molecule has 0 saturated carbocycles. The molecule has 0 aromatic carbocycles. The molecule has 84 valence electrons. The number of hydrogen-bond acceptors (Lipinski definition) is 2. The Labute approximate surface area is 97.4 Å². The van der Waals surface area contributed by atoms with Gasteiger partial charge in [0, 0.05) is 5.03 Å². The van der Waals surface area contributed by atoms with Crippen LogP contribution in [0.15, 0.2) is 23.2 Å². The van der Waals surface area contributed by atoms with Crippen LogP contribution in [0.2, 0.25) is 0 Å². The van der Waals surface area contributed by atoms with Crippen LogP contribution in [0.3, 0.4) is 0 Å². The first-order valence-electron chi connectivity index (χ1n) is 5.05. The lowest BCUT2D eigenvalue weighted by atomic mass is 9.78. The molecule has 4 heteroatoms. The lowest BCUT2D eigenvalue weighted by Crippen LogP contribution is -2.41. The molecular formula is C11H18BClO2. The first-order chi connectivity index (χ1) is 6.71. The van der Waals surface area contributed by atoms with Crippen LogP contribution in [0, 0.1) is 0 Å². The van der Waals surface area contributed by atoms with Gasteiger partial charge in [-0.3, -0.25) is 0 Å². The third kappa shape index (κ3) is 2.30. The van der Waals surface area contributed by atoms with Gasteiger partial charge in [0.25, 0.3) is 0 Å². The van der Waals surface area contributed by atoms with Gasteiger partial charge in [-0.2, -0.15) is 0 Å². The molecule has 15 heavy (non-hydrogen) atoms. The molecule has 1 fully saturated rings. The van der Waals surface area contributed by atoms with Crippen molar-refractivity contribution in [2.45, 2.75) is 45.8 Å². The fourth-order valence-electron chi connectivity index (χ4n) is 1.37. The molecule has 0 aromatic rings. The van der Waals surface area contributed by atoms with Crippen LogP contribution in [0.5, 0.6) is 0 Å². The second kappa shape index (κ2) is 3.97. The van der Waals surface area contributed by atoms with Gasteiger partial charge in [-0.1, -0.05) is 24.3 Å². The maximum atomic E-state index is 5.96. The van der Waals surface area contributed by atoms with Gasteiger partial charge in [0.1, 0.15) is 0 Å². The molecule has 1 aliphatic heterocycles. The molecule has 0 spiro atoms. The quantitative estimate of drug-likeness (QED) is 0.533. The predicted octanol–water partition coefficient (Wildman–Crippen LogP) is 3.32. The summed E-state index contributed by atoms with van der Waals surface area (Å²) in [4.78, 5) is 0. The summed E-state index contributed by atoms with van der Waals surface area (Å²) in [6, 6.07) is 0. The summed E-state index contributed by atoms with van der Waals surface area (Å²) in [5.74, 6) is 0.